The molecule has 0 radical (unpaired) electrons. The van der Waals surface area contributed by atoms with Crippen LogP contribution in [0.25, 0.3) is 15.3 Å². The maximum atomic E-state index is 12.3. The summed E-state index contributed by atoms with van der Waals surface area (Å²) >= 11 is 1.32. The van der Waals surface area contributed by atoms with Crippen molar-refractivity contribution in [3.63, 3.8) is 0 Å². The standard InChI is InChI=1S/C17H22N4O2S/c1-9-23-16(22)13(15(18-7)19-8)14-12(6)20-17(24-14)21(10(2)3)11(4)5/h10-11H,9H2,1-6H3. The predicted molar refractivity (Wildman–Crippen MR) is 96.4 cm³/mol. The number of ether oxygens (including phenoxy) is 1. The molecule has 1 aromatic rings. The molecular weight excluding hydrogens is 324 g/mol. The summed E-state index contributed by atoms with van der Waals surface area (Å²) in [6.45, 7) is 26.3. The lowest BCUT2D eigenvalue weighted by atomic mass is 10.2. The molecule has 0 saturated carbocycles. The molecule has 0 unspecified atom stereocenters. The topological polar surface area (TPSA) is 51.1 Å². The Labute approximate surface area is 147 Å². The van der Waals surface area contributed by atoms with Crippen LogP contribution >= 0.6 is 11.3 Å². The summed E-state index contributed by atoms with van der Waals surface area (Å²) in [7, 11) is 0. The van der Waals surface area contributed by atoms with Crippen molar-refractivity contribution in [1.29, 1.82) is 0 Å². The van der Waals surface area contributed by atoms with Crippen LogP contribution in [0.4, 0.5) is 5.13 Å². The number of aryl methyl sites for hydroxylation is 1. The highest BCUT2D eigenvalue weighted by Crippen LogP contribution is 2.36. The average molecular weight is 346 g/mol. The van der Waals surface area contributed by atoms with E-state index in [9.17, 15) is 4.79 Å². The third-order valence-corrected chi connectivity index (χ3v) is 4.45. The first-order chi connectivity index (χ1) is 11.3. The molecule has 0 atom stereocenters. The van der Waals surface area contributed by atoms with E-state index in [4.69, 9.17) is 17.9 Å². The van der Waals surface area contributed by atoms with E-state index in [1.54, 1.807) is 13.8 Å². The number of hydrogen-bond donors (Lipinski definition) is 0. The van der Waals surface area contributed by atoms with Crippen molar-refractivity contribution in [3.8, 4) is 0 Å². The van der Waals surface area contributed by atoms with Crippen molar-refractivity contribution in [2.45, 2.75) is 53.6 Å². The quantitative estimate of drug-likeness (QED) is 0.441. The number of hydrogen-bond acceptors (Lipinski definition) is 5. The largest absolute Gasteiger partial charge is 0.535 e. The lowest BCUT2D eigenvalue weighted by Crippen LogP contribution is -2.36. The number of aromatic nitrogens is 1. The van der Waals surface area contributed by atoms with E-state index < -0.39 is 5.97 Å². The molecule has 1 heterocycles. The van der Waals surface area contributed by atoms with Crippen LogP contribution in [0, 0.1) is 20.1 Å². The Kier molecular flexibility index (Phi) is 6.94. The first-order valence-electron chi connectivity index (χ1n) is 7.70. The van der Waals surface area contributed by atoms with Crippen LogP contribution in [-0.2, 0) is 9.53 Å². The van der Waals surface area contributed by atoms with Gasteiger partial charge < -0.3 is 9.64 Å². The van der Waals surface area contributed by atoms with E-state index in [2.05, 4.69) is 47.3 Å². The molecule has 6 nitrogen and oxygen atoms in total. The molecular formula is C17H22N4O2S. The minimum atomic E-state index is -0.654. The lowest BCUT2D eigenvalue weighted by molar-refractivity contribution is -0.136. The molecule has 0 aromatic carbocycles. The molecule has 0 saturated heterocycles. The van der Waals surface area contributed by atoms with Gasteiger partial charge in [0.15, 0.2) is 10.7 Å². The lowest BCUT2D eigenvalue weighted by Gasteiger charge is -2.30. The molecule has 0 N–H and O–H groups in total. The Bertz CT molecular complexity index is 696. The molecule has 7 heteroatoms. The van der Waals surface area contributed by atoms with Gasteiger partial charge in [-0.1, -0.05) is 11.3 Å². The van der Waals surface area contributed by atoms with Crippen LogP contribution in [-0.4, -0.2) is 29.6 Å². The van der Waals surface area contributed by atoms with Gasteiger partial charge in [-0.2, -0.15) is 9.69 Å². The van der Waals surface area contributed by atoms with Crippen molar-refractivity contribution in [3.05, 3.63) is 39.2 Å². The summed E-state index contributed by atoms with van der Waals surface area (Å²) in [5.41, 5.74) is 0.629. The molecule has 0 aliphatic carbocycles. The zero-order valence-electron chi connectivity index (χ0n) is 14.9. The third kappa shape index (κ3) is 4.12. The summed E-state index contributed by atoms with van der Waals surface area (Å²) < 4.78 is 5.04. The van der Waals surface area contributed by atoms with Crippen LogP contribution < -0.4 is 4.90 Å². The van der Waals surface area contributed by atoms with Gasteiger partial charge in [0, 0.05) is 12.1 Å². The van der Waals surface area contributed by atoms with Crippen molar-refractivity contribution in [1.82, 2.24) is 4.98 Å². The van der Waals surface area contributed by atoms with Crippen LogP contribution in [0.1, 0.15) is 45.2 Å². The zero-order chi connectivity index (χ0) is 18.4. The van der Waals surface area contributed by atoms with Crippen LogP contribution in [0.5, 0.6) is 0 Å². The van der Waals surface area contributed by atoms with Gasteiger partial charge in [0.1, 0.15) is 13.1 Å². The number of rotatable bonds is 6. The second-order valence-corrected chi connectivity index (χ2v) is 6.63. The Balaban J connectivity index is 3.54. The molecule has 0 amide bonds. The Morgan fingerprint density at radius 2 is 1.79 bits per heavy atom. The number of anilines is 1. The van der Waals surface area contributed by atoms with E-state index in [0.29, 0.717) is 10.6 Å². The molecule has 0 bridgehead atoms. The highest BCUT2D eigenvalue weighted by molar-refractivity contribution is 7.17. The Morgan fingerprint density at radius 3 is 2.21 bits per heavy atom. The van der Waals surface area contributed by atoms with Gasteiger partial charge in [0.25, 0.3) is 0 Å². The summed E-state index contributed by atoms with van der Waals surface area (Å²) in [4.78, 5) is 25.9. The second-order valence-electron chi connectivity index (χ2n) is 5.65. The van der Waals surface area contributed by atoms with Gasteiger partial charge in [0.05, 0.1) is 17.2 Å². The first kappa shape index (κ1) is 19.7. The maximum Gasteiger partial charge on any atom is 0.535 e. The van der Waals surface area contributed by atoms with Gasteiger partial charge in [0.2, 0.25) is 0 Å². The zero-order valence-corrected chi connectivity index (χ0v) is 15.7. The molecule has 1 rings (SSSR count). The van der Waals surface area contributed by atoms with E-state index in [1.807, 2.05) is 0 Å². The van der Waals surface area contributed by atoms with Crippen molar-refractivity contribution in [2.75, 3.05) is 11.5 Å². The number of esters is 1. The van der Waals surface area contributed by atoms with Crippen molar-refractivity contribution < 1.29 is 9.53 Å². The number of carbonyl (C=O) groups excluding carboxylic acids is 1. The molecule has 1 aromatic heterocycles. The summed E-state index contributed by atoms with van der Waals surface area (Å²) in [6.07, 6.45) is 0. The number of carbonyl (C=O) groups is 1. The van der Waals surface area contributed by atoms with Crippen LogP contribution in [0.3, 0.4) is 0 Å². The van der Waals surface area contributed by atoms with Gasteiger partial charge in [-0.25, -0.2) is 9.78 Å². The minimum absolute atomic E-state index is 0.00978. The average Bonchev–Trinajstić information content (AvgIpc) is 2.84. The fourth-order valence-corrected chi connectivity index (χ4v) is 3.75. The smallest absolute Gasteiger partial charge is 0.463 e. The van der Waals surface area contributed by atoms with Crippen molar-refractivity contribution in [2.24, 2.45) is 0 Å². The molecule has 0 aliphatic rings. The van der Waals surface area contributed by atoms with Crippen LogP contribution in [0.2, 0.25) is 0 Å². The molecule has 0 fully saturated rings. The number of nitrogens with zero attached hydrogens (tertiary/aromatic N) is 4. The minimum Gasteiger partial charge on any atom is -0.463 e. The monoisotopic (exact) mass is 346 g/mol. The van der Waals surface area contributed by atoms with Gasteiger partial charge >= 0.3 is 11.8 Å². The highest BCUT2D eigenvalue weighted by atomic mass is 32.1. The van der Waals surface area contributed by atoms with E-state index >= 15 is 0 Å². The molecule has 128 valence electrons. The van der Waals surface area contributed by atoms with E-state index in [0.717, 1.165) is 5.13 Å². The molecule has 24 heavy (non-hydrogen) atoms. The first-order valence-corrected chi connectivity index (χ1v) is 8.52. The number of thiazole rings is 1. The highest BCUT2D eigenvalue weighted by Gasteiger charge is 2.31. The normalized spacial score (nSPS) is 10.2. The Hall–Kier alpha value is -2.38. The van der Waals surface area contributed by atoms with Crippen LogP contribution in [0.15, 0.2) is 5.82 Å². The summed E-state index contributed by atoms with van der Waals surface area (Å²) in [5.74, 6) is -0.939. The van der Waals surface area contributed by atoms with Gasteiger partial charge in [-0.3, -0.25) is 0 Å². The fraction of sp³-hybridized carbons (Fsp3) is 0.529. The molecule has 0 aliphatic heterocycles. The molecule has 0 spiro atoms. The second kappa shape index (κ2) is 8.47. The maximum absolute atomic E-state index is 12.3. The van der Waals surface area contributed by atoms with Crippen molar-refractivity contribution >= 4 is 28.0 Å². The summed E-state index contributed by atoms with van der Waals surface area (Å²) in [6, 6.07) is 0.472. The summed E-state index contributed by atoms with van der Waals surface area (Å²) in [5, 5.41) is 0.767. The Morgan fingerprint density at radius 1 is 1.25 bits per heavy atom. The SMILES string of the molecule is [C-]#[N+]C([N+]#[C-])=C(C(=O)OCC)c1sc(N(C(C)C)C(C)C)nc1C. The fourth-order valence-electron chi connectivity index (χ4n) is 2.39. The van der Waals surface area contributed by atoms with Gasteiger partial charge in [-0.15, -0.1) is 0 Å². The third-order valence-electron chi connectivity index (χ3n) is 3.26. The van der Waals surface area contributed by atoms with E-state index in [1.165, 1.54) is 11.3 Å². The van der Waals surface area contributed by atoms with E-state index in [-0.39, 0.29) is 30.1 Å². The predicted octanol–water partition coefficient (Wildman–Crippen LogP) is 4.15. The van der Waals surface area contributed by atoms with Gasteiger partial charge in [-0.05, 0) is 41.5 Å².